The first-order chi connectivity index (χ1) is 6.72. The molecule has 1 heterocycles. The summed E-state index contributed by atoms with van der Waals surface area (Å²) in [5, 5.41) is 10.2. The largest absolute Gasteiger partial charge is 0.506 e. The molecule has 1 aromatic carbocycles. The van der Waals surface area contributed by atoms with Crippen LogP contribution >= 0.6 is 0 Å². The number of ether oxygens (including phenoxy) is 1. The Bertz CT molecular complexity index is 530. The lowest BCUT2D eigenvalue weighted by Crippen LogP contribution is -2.04. The summed E-state index contributed by atoms with van der Waals surface area (Å²) in [6.07, 6.45) is 0. The van der Waals surface area contributed by atoms with Crippen molar-refractivity contribution >= 4 is 10.9 Å². The van der Waals surface area contributed by atoms with Gasteiger partial charge in [0.25, 0.3) is 5.56 Å². The molecule has 0 spiro atoms. The predicted octanol–water partition coefficient (Wildman–Crippen LogP) is 1.24. The van der Waals surface area contributed by atoms with Gasteiger partial charge >= 0.3 is 0 Å². The van der Waals surface area contributed by atoms with Gasteiger partial charge in [0.15, 0.2) is 0 Å². The molecule has 2 N–H and O–H groups in total. The number of hydrogen-bond acceptors (Lipinski definition) is 3. The number of methoxy groups -OCH3 is 1. The number of rotatable bonds is 1. The van der Waals surface area contributed by atoms with Gasteiger partial charge in [0, 0.05) is 11.5 Å². The Kier molecular flexibility index (Phi) is 1.89. The molecule has 2 rings (SSSR count). The molecule has 0 amide bonds. The van der Waals surface area contributed by atoms with Crippen LogP contribution in [0.4, 0.5) is 0 Å². The average Bonchev–Trinajstić information content (AvgIpc) is 2.18. The molecule has 1 aromatic heterocycles. The Morgan fingerprint density at radius 1 is 1.43 bits per heavy atom. The van der Waals surface area contributed by atoms with E-state index in [1.54, 1.807) is 12.1 Å². The number of aromatic amines is 1. The number of fused-ring (bicyclic) bond motifs is 1. The van der Waals surface area contributed by atoms with Gasteiger partial charge in [-0.05, 0) is 12.1 Å². The van der Waals surface area contributed by atoms with E-state index in [-0.39, 0.29) is 11.3 Å². The molecule has 72 valence electrons. The summed E-state index contributed by atoms with van der Waals surface area (Å²) in [4.78, 5) is 13.7. The lowest BCUT2D eigenvalue weighted by Gasteiger charge is -2.05. The van der Waals surface area contributed by atoms with E-state index in [1.807, 2.05) is 0 Å². The lowest BCUT2D eigenvalue weighted by molar-refractivity contribution is 0.418. The first-order valence-corrected chi connectivity index (χ1v) is 4.11. The molecule has 0 aliphatic carbocycles. The van der Waals surface area contributed by atoms with Gasteiger partial charge in [-0.2, -0.15) is 0 Å². The first-order valence-electron chi connectivity index (χ1n) is 4.11. The Morgan fingerprint density at radius 3 is 2.93 bits per heavy atom. The van der Waals surface area contributed by atoms with E-state index in [4.69, 9.17) is 4.74 Å². The maximum atomic E-state index is 11.2. The van der Waals surface area contributed by atoms with Crippen LogP contribution in [0.25, 0.3) is 10.9 Å². The molecule has 0 aliphatic heterocycles. The molecule has 0 bridgehead atoms. The van der Waals surface area contributed by atoms with Crippen molar-refractivity contribution in [3.05, 3.63) is 34.6 Å². The molecule has 0 radical (unpaired) electrons. The second kappa shape index (κ2) is 3.06. The highest BCUT2D eigenvalue weighted by Crippen LogP contribution is 2.27. The molecule has 0 aliphatic rings. The van der Waals surface area contributed by atoms with Gasteiger partial charge < -0.3 is 14.8 Å². The normalized spacial score (nSPS) is 10.4. The summed E-state index contributed by atoms with van der Waals surface area (Å²) in [5.74, 6) is 0.498. The smallest absolute Gasteiger partial charge is 0.252 e. The molecule has 0 saturated carbocycles. The molecular formula is C10H9NO3. The molecule has 4 heteroatoms. The van der Waals surface area contributed by atoms with Crippen LogP contribution in [0.3, 0.4) is 0 Å². The average molecular weight is 191 g/mol. The van der Waals surface area contributed by atoms with E-state index in [0.717, 1.165) is 0 Å². The zero-order valence-corrected chi connectivity index (χ0v) is 7.57. The zero-order valence-electron chi connectivity index (χ0n) is 7.57. The summed E-state index contributed by atoms with van der Waals surface area (Å²) >= 11 is 0. The monoisotopic (exact) mass is 191 g/mol. The van der Waals surface area contributed by atoms with E-state index in [2.05, 4.69) is 4.98 Å². The van der Waals surface area contributed by atoms with Crippen molar-refractivity contribution in [3.8, 4) is 11.5 Å². The number of nitrogens with one attached hydrogen (secondary N) is 1. The maximum Gasteiger partial charge on any atom is 0.252 e. The van der Waals surface area contributed by atoms with Crippen molar-refractivity contribution in [2.45, 2.75) is 0 Å². The van der Waals surface area contributed by atoms with Crippen LogP contribution in [-0.2, 0) is 0 Å². The Balaban J connectivity index is 2.94. The number of H-pyrrole nitrogens is 1. The highest BCUT2D eigenvalue weighted by atomic mass is 16.5. The third-order valence-corrected chi connectivity index (χ3v) is 2.04. The molecule has 0 saturated heterocycles. The van der Waals surface area contributed by atoms with Gasteiger partial charge in [0.2, 0.25) is 0 Å². The summed E-state index contributed by atoms with van der Waals surface area (Å²) in [5.41, 5.74) is 0.104. The summed E-state index contributed by atoms with van der Waals surface area (Å²) < 4.78 is 5.03. The van der Waals surface area contributed by atoms with Crippen molar-refractivity contribution in [1.82, 2.24) is 4.98 Å². The zero-order chi connectivity index (χ0) is 10.1. The fraction of sp³-hybridized carbons (Fsp3) is 0.100. The fourth-order valence-corrected chi connectivity index (χ4v) is 1.40. The van der Waals surface area contributed by atoms with Crippen LogP contribution in [0.1, 0.15) is 0 Å². The number of aromatic nitrogens is 1. The third-order valence-electron chi connectivity index (χ3n) is 2.04. The van der Waals surface area contributed by atoms with Crippen molar-refractivity contribution in [1.29, 1.82) is 0 Å². The van der Waals surface area contributed by atoms with Crippen LogP contribution in [-0.4, -0.2) is 17.2 Å². The van der Waals surface area contributed by atoms with E-state index in [9.17, 15) is 9.90 Å². The summed E-state index contributed by atoms with van der Waals surface area (Å²) in [7, 11) is 1.48. The van der Waals surface area contributed by atoms with E-state index in [0.29, 0.717) is 16.7 Å². The quantitative estimate of drug-likeness (QED) is 0.712. The van der Waals surface area contributed by atoms with E-state index < -0.39 is 0 Å². The SMILES string of the molecule is COc1cc(=O)[nH]c2c(O)cccc12. The minimum Gasteiger partial charge on any atom is -0.506 e. The van der Waals surface area contributed by atoms with Gasteiger partial charge in [-0.25, -0.2) is 0 Å². The van der Waals surface area contributed by atoms with Crippen molar-refractivity contribution < 1.29 is 9.84 Å². The minimum absolute atomic E-state index is 0.0403. The first kappa shape index (κ1) is 8.62. The Hall–Kier alpha value is -1.97. The minimum atomic E-state index is -0.296. The second-order valence-electron chi connectivity index (χ2n) is 2.90. The van der Waals surface area contributed by atoms with Gasteiger partial charge in [-0.3, -0.25) is 4.79 Å². The third kappa shape index (κ3) is 1.21. The molecule has 4 nitrogen and oxygen atoms in total. The molecular weight excluding hydrogens is 182 g/mol. The summed E-state index contributed by atoms with van der Waals surface area (Å²) in [6, 6.07) is 6.32. The van der Waals surface area contributed by atoms with E-state index >= 15 is 0 Å². The predicted molar refractivity (Wildman–Crippen MR) is 52.8 cm³/mol. The number of phenols is 1. The second-order valence-corrected chi connectivity index (χ2v) is 2.90. The van der Waals surface area contributed by atoms with Gasteiger partial charge in [-0.15, -0.1) is 0 Å². The van der Waals surface area contributed by atoms with Crippen molar-refractivity contribution in [2.75, 3.05) is 7.11 Å². The van der Waals surface area contributed by atoms with Crippen LogP contribution < -0.4 is 10.3 Å². The van der Waals surface area contributed by atoms with Gasteiger partial charge in [-0.1, -0.05) is 6.07 Å². The highest BCUT2D eigenvalue weighted by molar-refractivity contribution is 5.89. The summed E-state index contributed by atoms with van der Waals surface area (Å²) in [6.45, 7) is 0. The number of hydrogen-bond donors (Lipinski definition) is 2. The van der Waals surface area contributed by atoms with Crippen LogP contribution in [0.5, 0.6) is 11.5 Å². The topological polar surface area (TPSA) is 62.3 Å². The fourth-order valence-electron chi connectivity index (χ4n) is 1.40. The number of aromatic hydroxyl groups is 1. The van der Waals surface area contributed by atoms with Gasteiger partial charge in [0.1, 0.15) is 11.5 Å². The standard InChI is InChI=1S/C10H9NO3/c1-14-8-5-9(13)11-10-6(8)3-2-4-7(10)12/h2-5,12H,1H3,(H,11,13). The maximum absolute atomic E-state index is 11.2. The number of para-hydroxylation sites is 1. The Labute approximate surface area is 79.8 Å². The van der Waals surface area contributed by atoms with Gasteiger partial charge in [0.05, 0.1) is 12.6 Å². The van der Waals surface area contributed by atoms with Crippen LogP contribution in [0, 0.1) is 0 Å². The lowest BCUT2D eigenvalue weighted by atomic mass is 10.2. The Morgan fingerprint density at radius 2 is 2.21 bits per heavy atom. The van der Waals surface area contributed by atoms with Crippen LogP contribution in [0.15, 0.2) is 29.1 Å². The van der Waals surface area contributed by atoms with E-state index in [1.165, 1.54) is 19.2 Å². The number of benzene rings is 1. The number of pyridine rings is 1. The van der Waals surface area contributed by atoms with Crippen molar-refractivity contribution in [3.63, 3.8) is 0 Å². The van der Waals surface area contributed by atoms with Crippen molar-refractivity contribution in [2.24, 2.45) is 0 Å². The number of phenolic OH excluding ortho intramolecular Hbond substituents is 1. The highest BCUT2D eigenvalue weighted by Gasteiger charge is 2.05. The molecule has 14 heavy (non-hydrogen) atoms. The van der Waals surface area contributed by atoms with Crippen LogP contribution in [0.2, 0.25) is 0 Å². The molecule has 0 unspecified atom stereocenters. The molecule has 0 fully saturated rings. The molecule has 2 aromatic rings. The molecule has 0 atom stereocenters.